The molecule has 0 saturated carbocycles. The quantitative estimate of drug-likeness (QED) is 0.330. The second-order valence-electron chi connectivity index (χ2n) is 4.94. The van der Waals surface area contributed by atoms with Gasteiger partial charge in [-0.15, -0.1) is 11.3 Å². The maximum absolute atomic E-state index is 12.0. The molecule has 3 rings (SSSR count). The number of hydrogen-bond donors (Lipinski definition) is 0. The fourth-order valence-corrected chi connectivity index (χ4v) is 3.48. The Morgan fingerprint density at radius 3 is 2.52 bits per heavy atom. The molecule has 25 heavy (non-hydrogen) atoms. The second kappa shape index (κ2) is 8.11. The number of para-hydroxylation sites is 1. The fraction of sp³-hybridized carbons (Fsp3) is 0.0556. The average Bonchev–Trinajstić information content (AvgIpc) is 3.21. The van der Waals surface area contributed by atoms with Crippen LogP contribution in [0.2, 0.25) is 14.4 Å². The van der Waals surface area contributed by atoms with Gasteiger partial charge in [-0.3, -0.25) is 4.79 Å². The maximum atomic E-state index is 12.0. The van der Waals surface area contributed by atoms with Crippen LogP contribution in [0.5, 0.6) is 5.75 Å². The Bertz CT molecular complexity index is 907. The maximum Gasteiger partial charge on any atom is 0.195 e. The number of carbonyl (C=O) groups is 1. The van der Waals surface area contributed by atoms with E-state index in [1.165, 1.54) is 17.4 Å². The third-order valence-electron chi connectivity index (χ3n) is 3.18. The first-order chi connectivity index (χ1) is 12.0. The molecule has 0 aliphatic carbocycles. The largest absolute Gasteiger partial charge is 0.483 e. The Labute approximate surface area is 163 Å². The molecule has 0 N–H and O–H groups in total. The molecule has 0 spiro atoms. The van der Waals surface area contributed by atoms with E-state index in [4.69, 9.17) is 44.0 Å². The summed E-state index contributed by atoms with van der Waals surface area (Å²) < 4.78 is 11.8. The number of allylic oxidation sites excluding steroid dienone is 1. The Hall–Kier alpha value is -1.72. The SMILES string of the molecule is O=C(/C=C/c1ccc(COc2c(Cl)cccc2Cl)o1)c1ccc(Cl)s1. The van der Waals surface area contributed by atoms with Gasteiger partial charge in [-0.1, -0.05) is 40.9 Å². The highest BCUT2D eigenvalue weighted by atomic mass is 35.5. The molecule has 0 atom stereocenters. The zero-order valence-electron chi connectivity index (χ0n) is 12.7. The van der Waals surface area contributed by atoms with E-state index >= 15 is 0 Å². The summed E-state index contributed by atoms with van der Waals surface area (Å²) in [6, 6.07) is 12.0. The summed E-state index contributed by atoms with van der Waals surface area (Å²) in [4.78, 5) is 12.6. The van der Waals surface area contributed by atoms with Crippen molar-refractivity contribution in [1.82, 2.24) is 0 Å². The van der Waals surface area contributed by atoms with E-state index < -0.39 is 0 Å². The molecule has 0 unspecified atom stereocenters. The van der Waals surface area contributed by atoms with E-state index in [9.17, 15) is 4.79 Å². The lowest BCUT2D eigenvalue weighted by Gasteiger charge is -2.07. The molecule has 1 aromatic carbocycles. The number of hydrogen-bond acceptors (Lipinski definition) is 4. The molecule has 128 valence electrons. The molecule has 0 aliphatic heterocycles. The predicted octanol–water partition coefficient (Wildman–Crippen LogP) is 6.78. The number of ketones is 1. The molecule has 2 aromatic heterocycles. The molecule has 3 aromatic rings. The van der Waals surface area contributed by atoms with Crippen LogP contribution in [0.1, 0.15) is 21.2 Å². The van der Waals surface area contributed by atoms with Gasteiger partial charge < -0.3 is 9.15 Å². The van der Waals surface area contributed by atoms with Crippen molar-refractivity contribution in [2.45, 2.75) is 6.61 Å². The number of carbonyl (C=O) groups excluding carboxylic acids is 1. The van der Waals surface area contributed by atoms with Gasteiger partial charge in [0.15, 0.2) is 11.5 Å². The average molecular weight is 414 g/mol. The first kappa shape index (κ1) is 18.1. The van der Waals surface area contributed by atoms with E-state index in [0.717, 1.165) is 0 Å². The van der Waals surface area contributed by atoms with E-state index in [0.29, 0.717) is 36.5 Å². The smallest absolute Gasteiger partial charge is 0.195 e. The van der Waals surface area contributed by atoms with Gasteiger partial charge in [-0.05, 0) is 48.6 Å². The third-order valence-corrected chi connectivity index (χ3v) is 5.02. The lowest BCUT2D eigenvalue weighted by molar-refractivity contribution is 0.105. The van der Waals surface area contributed by atoms with Gasteiger partial charge in [0, 0.05) is 0 Å². The minimum atomic E-state index is -0.131. The molecular formula is C18H11Cl3O3S. The number of thiophene rings is 1. The summed E-state index contributed by atoms with van der Waals surface area (Å²) in [5.41, 5.74) is 0. The van der Waals surface area contributed by atoms with Crippen LogP contribution in [0.3, 0.4) is 0 Å². The van der Waals surface area contributed by atoms with Crippen LogP contribution < -0.4 is 4.74 Å². The standard InChI is InChI=1S/C18H11Cl3O3S/c19-13-2-1-3-14(20)18(13)23-10-12-5-4-11(24-12)6-7-15(22)16-8-9-17(21)25-16/h1-9H,10H2/b7-6+. The molecule has 0 saturated heterocycles. The van der Waals surface area contributed by atoms with Crippen molar-refractivity contribution in [3.63, 3.8) is 0 Å². The zero-order chi connectivity index (χ0) is 17.8. The van der Waals surface area contributed by atoms with Crippen LogP contribution in [0.25, 0.3) is 6.08 Å². The third kappa shape index (κ3) is 4.67. The molecule has 0 fully saturated rings. The van der Waals surface area contributed by atoms with Crippen LogP contribution in [0.4, 0.5) is 0 Å². The molecule has 0 amide bonds. The number of rotatable bonds is 6. The van der Waals surface area contributed by atoms with E-state index in [2.05, 4.69) is 0 Å². The number of halogens is 3. The summed E-state index contributed by atoms with van der Waals surface area (Å²) in [6.45, 7) is 0.172. The van der Waals surface area contributed by atoms with Gasteiger partial charge in [-0.25, -0.2) is 0 Å². The van der Waals surface area contributed by atoms with E-state index in [1.54, 1.807) is 48.5 Å². The van der Waals surface area contributed by atoms with Crippen molar-refractivity contribution < 1.29 is 13.9 Å². The minimum Gasteiger partial charge on any atom is -0.483 e. The van der Waals surface area contributed by atoms with Crippen LogP contribution in [-0.4, -0.2) is 5.78 Å². The van der Waals surface area contributed by atoms with E-state index in [1.807, 2.05) is 0 Å². The Kier molecular flexibility index (Phi) is 5.86. The number of benzene rings is 1. The van der Waals surface area contributed by atoms with Gasteiger partial charge in [0.25, 0.3) is 0 Å². The van der Waals surface area contributed by atoms with Crippen LogP contribution in [0, 0.1) is 0 Å². The second-order valence-corrected chi connectivity index (χ2v) is 7.47. The van der Waals surface area contributed by atoms with Crippen molar-refractivity contribution in [3.8, 4) is 5.75 Å². The van der Waals surface area contributed by atoms with E-state index in [-0.39, 0.29) is 12.4 Å². The summed E-state index contributed by atoms with van der Waals surface area (Å²) in [7, 11) is 0. The van der Waals surface area contributed by atoms with Crippen LogP contribution in [0.15, 0.2) is 53.0 Å². The molecule has 0 aliphatic rings. The van der Waals surface area contributed by atoms with Gasteiger partial charge in [-0.2, -0.15) is 0 Å². The van der Waals surface area contributed by atoms with Crippen molar-refractivity contribution >= 4 is 58.0 Å². The number of furan rings is 1. The van der Waals surface area contributed by atoms with Gasteiger partial charge in [0.05, 0.1) is 19.3 Å². The lowest BCUT2D eigenvalue weighted by Crippen LogP contribution is -1.95. The van der Waals surface area contributed by atoms with Gasteiger partial charge in [0.1, 0.15) is 18.1 Å². The highest BCUT2D eigenvalue weighted by Crippen LogP contribution is 2.33. The predicted molar refractivity (Wildman–Crippen MR) is 102 cm³/mol. The summed E-state index contributed by atoms with van der Waals surface area (Å²) in [5.74, 6) is 1.40. The normalized spacial score (nSPS) is 11.2. The zero-order valence-corrected chi connectivity index (χ0v) is 15.8. The highest BCUT2D eigenvalue weighted by Gasteiger charge is 2.09. The molecule has 7 heteroatoms. The number of ether oxygens (including phenoxy) is 1. The highest BCUT2D eigenvalue weighted by molar-refractivity contribution is 7.18. The summed E-state index contributed by atoms with van der Waals surface area (Å²) in [6.07, 6.45) is 3.04. The van der Waals surface area contributed by atoms with Crippen molar-refractivity contribution in [3.05, 3.63) is 79.3 Å². The fourth-order valence-electron chi connectivity index (χ4n) is 2.01. The van der Waals surface area contributed by atoms with Crippen molar-refractivity contribution in [2.24, 2.45) is 0 Å². The summed E-state index contributed by atoms with van der Waals surface area (Å²) >= 11 is 19.2. The monoisotopic (exact) mass is 412 g/mol. The summed E-state index contributed by atoms with van der Waals surface area (Å²) in [5, 5.41) is 0.860. The minimum absolute atomic E-state index is 0.131. The van der Waals surface area contributed by atoms with Gasteiger partial charge >= 0.3 is 0 Å². The van der Waals surface area contributed by atoms with Crippen LogP contribution in [-0.2, 0) is 6.61 Å². The Balaban J connectivity index is 1.62. The molecular weight excluding hydrogens is 403 g/mol. The topological polar surface area (TPSA) is 39.4 Å². The molecule has 0 radical (unpaired) electrons. The molecule has 0 bridgehead atoms. The molecule has 2 heterocycles. The van der Waals surface area contributed by atoms with Crippen molar-refractivity contribution in [2.75, 3.05) is 0 Å². The van der Waals surface area contributed by atoms with Gasteiger partial charge in [0.2, 0.25) is 0 Å². The van der Waals surface area contributed by atoms with Crippen LogP contribution >= 0.6 is 46.1 Å². The first-order valence-electron chi connectivity index (χ1n) is 7.16. The Morgan fingerprint density at radius 1 is 1.08 bits per heavy atom. The first-order valence-corrected chi connectivity index (χ1v) is 9.11. The Morgan fingerprint density at radius 2 is 1.84 bits per heavy atom. The lowest BCUT2D eigenvalue weighted by atomic mass is 10.3. The molecule has 3 nitrogen and oxygen atoms in total. The van der Waals surface area contributed by atoms with Crippen molar-refractivity contribution in [1.29, 1.82) is 0 Å².